The highest BCUT2D eigenvalue weighted by molar-refractivity contribution is 6.31. The molecule has 2 atom stereocenters. The second-order valence-electron chi connectivity index (χ2n) is 6.71. The molecule has 1 aromatic carbocycles. The number of amides is 1. The predicted octanol–water partition coefficient (Wildman–Crippen LogP) is 3.17. The molecule has 2 heterocycles. The Hall–Kier alpha value is -1.50. The number of nitrogens with zero attached hydrogens (tertiary/aromatic N) is 2. The molecule has 0 saturated carbocycles. The molecule has 3 nitrogen and oxygen atoms in total. The quantitative estimate of drug-likeness (QED) is 0.738. The van der Waals surface area contributed by atoms with E-state index in [9.17, 15) is 4.79 Å². The highest BCUT2D eigenvalue weighted by Gasteiger charge is 2.50. The van der Waals surface area contributed by atoms with Crippen LogP contribution in [-0.2, 0) is 4.79 Å². The van der Waals surface area contributed by atoms with E-state index in [0.717, 1.165) is 25.1 Å². The molecule has 2 aliphatic rings. The lowest BCUT2D eigenvalue weighted by atomic mass is 9.92. The van der Waals surface area contributed by atoms with Crippen molar-refractivity contribution in [3.05, 3.63) is 34.9 Å². The van der Waals surface area contributed by atoms with Crippen molar-refractivity contribution in [2.45, 2.75) is 44.2 Å². The topological polar surface area (TPSA) is 23.6 Å². The summed E-state index contributed by atoms with van der Waals surface area (Å²) < 4.78 is 0. The van der Waals surface area contributed by atoms with Crippen LogP contribution in [0.4, 0.5) is 0 Å². The Labute approximate surface area is 143 Å². The molecule has 3 rings (SSSR count). The maximum atomic E-state index is 12.8. The van der Waals surface area contributed by atoms with Gasteiger partial charge in [0.2, 0.25) is 5.91 Å². The average molecular weight is 331 g/mol. The van der Waals surface area contributed by atoms with E-state index in [1.807, 2.05) is 31.3 Å². The zero-order valence-electron chi connectivity index (χ0n) is 13.8. The molecule has 23 heavy (non-hydrogen) atoms. The minimum absolute atomic E-state index is 0.0503. The van der Waals surface area contributed by atoms with E-state index in [1.165, 1.54) is 19.3 Å². The third-order valence-electron chi connectivity index (χ3n) is 5.14. The monoisotopic (exact) mass is 330 g/mol. The summed E-state index contributed by atoms with van der Waals surface area (Å²) in [6, 6.07) is 7.53. The average Bonchev–Trinajstić information content (AvgIpc) is 2.80. The standard InChI is InChI=1S/C19H23ClN2O/c1-19(22-12-6-3-7-13-22)14-16(21(2)18(19)23)11-10-15-8-4-5-9-17(15)20/h4-5,8-9,16H,3,6-7,12-14H2,1-2H3/t16-,19+/m0/s1. The van der Waals surface area contributed by atoms with E-state index in [0.29, 0.717) is 5.02 Å². The molecule has 0 bridgehead atoms. The largest absolute Gasteiger partial charge is 0.330 e. The van der Waals surface area contributed by atoms with Crippen LogP contribution in [0.2, 0.25) is 5.02 Å². The van der Waals surface area contributed by atoms with Gasteiger partial charge in [0.25, 0.3) is 0 Å². The lowest BCUT2D eigenvalue weighted by Gasteiger charge is -2.39. The van der Waals surface area contributed by atoms with Crippen molar-refractivity contribution in [2.24, 2.45) is 0 Å². The summed E-state index contributed by atoms with van der Waals surface area (Å²) in [6.45, 7) is 4.11. The van der Waals surface area contributed by atoms with Crippen LogP contribution >= 0.6 is 11.6 Å². The minimum atomic E-state index is -0.408. The number of hydrogen-bond donors (Lipinski definition) is 0. The van der Waals surface area contributed by atoms with Crippen molar-refractivity contribution in [3.63, 3.8) is 0 Å². The number of likely N-dealkylation sites (tertiary alicyclic amines) is 2. The smallest absolute Gasteiger partial charge is 0.243 e. The number of halogens is 1. The molecule has 0 radical (unpaired) electrons. The molecule has 0 unspecified atom stereocenters. The Morgan fingerprint density at radius 2 is 1.91 bits per heavy atom. The minimum Gasteiger partial charge on any atom is -0.330 e. The fraction of sp³-hybridized carbons (Fsp3) is 0.526. The van der Waals surface area contributed by atoms with E-state index in [1.54, 1.807) is 4.90 Å². The summed E-state index contributed by atoms with van der Waals surface area (Å²) >= 11 is 6.16. The van der Waals surface area contributed by atoms with Crippen LogP contribution in [0.1, 0.15) is 38.2 Å². The number of likely N-dealkylation sites (N-methyl/N-ethyl adjacent to an activating group) is 1. The fourth-order valence-corrected chi connectivity index (χ4v) is 3.83. The third-order valence-corrected chi connectivity index (χ3v) is 5.47. The van der Waals surface area contributed by atoms with Gasteiger partial charge in [-0.1, -0.05) is 42.0 Å². The van der Waals surface area contributed by atoms with Gasteiger partial charge in [0.15, 0.2) is 0 Å². The molecule has 2 fully saturated rings. The summed E-state index contributed by atoms with van der Waals surface area (Å²) in [4.78, 5) is 17.0. The molecule has 4 heteroatoms. The Balaban J connectivity index is 1.80. The molecule has 0 N–H and O–H groups in total. The zero-order valence-corrected chi connectivity index (χ0v) is 14.6. The van der Waals surface area contributed by atoms with Gasteiger partial charge in [0.1, 0.15) is 5.54 Å². The Morgan fingerprint density at radius 3 is 2.61 bits per heavy atom. The Bertz CT molecular complexity index is 657. The van der Waals surface area contributed by atoms with Gasteiger partial charge in [-0.3, -0.25) is 9.69 Å². The molecule has 0 aromatic heterocycles. The molecular weight excluding hydrogens is 308 g/mol. The highest BCUT2D eigenvalue weighted by Crippen LogP contribution is 2.34. The third kappa shape index (κ3) is 3.11. The van der Waals surface area contributed by atoms with Gasteiger partial charge < -0.3 is 4.90 Å². The normalized spacial score (nSPS) is 28.6. The summed E-state index contributed by atoms with van der Waals surface area (Å²) in [5.74, 6) is 6.60. The predicted molar refractivity (Wildman–Crippen MR) is 93.3 cm³/mol. The van der Waals surface area contributed by atoms with Gasteiger partial charge in [-0.2, -0.15) is 0 Å². The maximum absolute atomic E-state index is 12.8. The lowest BCUT2D eigenvalue weighted by molar-refractivity contribution is -0.137. The van der Waals surface area contributed by atoms with Crippen LogP contribution in [0.25, 0.3) is 0 Å². The van der Waals surface area contributed by atoms with Gasteiger partial charge in [-0.25, -0.2) is 0 Å². The van der Waals surface area contributed by atoms with Crippen molar-refractivity contribution in [3.8, 4) is 11.8 Å². The number of carbonyl (C=O) groups is 1. The van der Waals surface area contributed by atoms with Gasteiger partial charge in [-0.05, 0) is 45.0 Å². The molecule has 0 spiro atoms. The Kier molecular flexibility index (Phi) is 4.66. The molecule has 2 aliphatic heterocycles. The highest BCUT2D eigenvalue weighted by atomic mass is 35.5. The van der Waals surface area contributed by atoms with Crippen LogP contribution in [-0.4, -0.2) is 47.4 Å². The van der Waals surface area contributed by atoms with Gasteiger partial charge in [-0.15, -0.1) is 0 Å². The van der Waals surface area contributed by atoms with Gasteiger partial charge in [0, 0.05) is 19.0 Å². The molecule has 122 valence electrons. The number of rotatable bonds is 1. The van der Waals surface area contributed by atoms with Crippen molar-refractivity contribution in [1.29, 1.82) is 0 Å². The van der Waals surface area contributed by atoms with Gasteiger partial charge in [0.05, 0.1) is 11.1 Å². The molecule has 0 aliphatic carbocycles. The first-order valence-electron chi connectivity index (χ1n) is 8.31. The Morgan fingerprint density at radius 1 is 1.22 bits per heavy atom. The SMILES string of the molecule is CN1C(=O)[C@](C)(N2CCCCC2)C[C@@H]1C#Cc1ccccc1Cl. The first-order valence-corrected chi connectivity index (χ1v) is 8.68. The molecule has 2 saturated heterocycles. The summed E-state index contributed by atoms with van der Waals surface area (Å²) in [7, 11) is 1.86. The van der Waals surface area contributed by atoms with Crippen LogP contribution < -0.4 is 0 Å². The van der Waals surface area contributed by atoms with E-state index in [-0.39, 0.29) is 11.9 Å². The number of benzene rings is 1. The number of carbonyl (C=O) groups excluding carboxylic acids is 1. The first kappa shape index (κ1) is 16.4. The van der Waals surface area contributed by atoms with Crippen molar-refractivity contribution in [2.75, 3.05) is 20.1 Å². The molecule has 1 aromatic rings. The van der Waals surface area contributed by atoms with E-state index in [2.05, 4.69) is 23.7 Å². The molecular formula is C19H23ClN2O. The number of hydrogen-bond acceptors (Lipinski definition) is 2. The van der Waals surface area contributed by atoms with E-state index < -0.39 is 5.54 Å². The summed E-state index contributed by atoms with van der Waals surface area (Å²) in [6.07, 6.45) is 4.40. The number of piperidine rings is 1. The van der Waals surface area contributed by atoms with Crippen LogP contribution in [0.5, 0.6) is 0 Å². The van der Waals surface area contributed by atoms with E-state index >= 15 is 0 Å². The maximum Gasteiger partial charge on any atom is 0.243 e. The zero-order chi connectivity index (χ0) is 16.4. The van der Waals surface area contributed by atoms with E-state index in [4.69, 9.17) is 11.6 Å². The van der Waals surface area contributed by atoms with Crippen LogP contribution in [0, 0.1) is 11.8 Å². The fourth-order valence-electron chi connectivity index (χ4n) is 3.65. The van der Waals surface area contributed by atoms with Crippen LogP contribution in [0.3, 0.4) is 0 Å². The van der Waals surface area contributed by atoms with Crippen LogP contribution in [0.15, 0.2) is 24.3 Å². The summed E-state index contributed by atoms with van der Waals surface area (Å²) in [5, 5.41) is 0.658. The van der Waals surface area contributed by atoms with Crippen molar-refractivity contribution in [1.82, 2.24) is 9.80 Å². The second-order valence-corrected chi connectivity index (χ2v) is 7.11. The molecule has 1 amide bonds. The summed E-state index contributed by atoms with van der Waals surface area (Å²) in [5.41, 5.74) is 0.413. The van der Waals surface area contributed by atoms with Crippen molar-refractivity contribution < 1.29 is 4.79 Å². The van der Waals surface area contributed by atoms with Crippen molar-refractivity contribution >= 4 is 17.5 Å². The lowest BCUT2D eigenvalue weighted by Crippen LogP contribution is -2.53. The van der Waals surface area contributed by atoms with Gasteiger partial charge >= 0.3 is 0 Å². The first-order chi connectivity index (χ1) is 11.0. The second kappa shape index (κ2) is 6.55.